The van der Waals surface area contributed by atoms with Crippen molar-refractivity contribution in [2.45, 2.75) is 22.3 Å². The summed E-state index contributed by atoms with van der Waals surface area (Å²) in [6.45, 7) is 0.242. The number of primary sulfonamides is 1. The van der Waals surface area contributed by atoms with Crippen molar-refractivity contribution in [3.05, 3.63) is 30.3 Å². The molecular formula is C20H23N9O5S2. The molecule has 1 aliphatic heterocycles. The first-order valence-electron chi connectivity index (χ1n) is 10.8. The van der Waals surface area contributed by atoms with E-state index in [0.29, 0.717) is 29.6 Å². The van der Waals surface area contributed by atoms with Crippen molar-refractivity contribution in [3.8, 4) is 22.5 Å². The van der Waals surface area contributed by atoms with E-state index < -0.39 is 29.7 Å². The molecule has 0 unspecified atom stereocenters. The summed E-state index contributed by atoms with van der Waals surface area (Å²) in [6, 6.07) is 7.60. The smallest absolute Gasteiger partial charge is 0.240 e. The molecule has 36 heavy (non-hydrogen) atoms. The van der Waals surface area contributed by atoms with Crippen LogP contribution in [0.4, 0.5) is 5.95 Å². The molecule has 2 aromatic heterocycles. The number of aliphatic hydroxyl groups excluding tert-OH is 1. The van der Waals surface area contributed by atoms with Crippen LogP contribution < -0.4 is 16.2 Å². The van der Waals surface area contributed by atoms with Crippen LogP contribution >= 0.6 is 0 Å². The maximum Gasteiger partial charge on any atom is 0.240 e. The number of sulfonamides is 1. The number of hydrogen-bond donors (Lipinski definition) is 6. The molecule has 0 amide bonds. The predicted octanol–water partition coefficient (Wildman–Crippen LogP) is -0.616. The lowest BCUT2D eigenvalue weighted by atomic mass is 9.98. The number of para-hydroxylation sites is 1. The third kappa shape index (κ3) is 4.33. The summed E-state index contributed by atoms with van der Waals surface area (Å²) in [7, 11) is -8.76. The van der Waals surface area contributed by atoms with Crippen LogP contribution in [-0.2, 0) is 19.9 Å². The van der Waals surface area contributed by atoms with Gasteiger partial charge in [-0.1, -0.05) is 18.2 Å². The fourth-order valence-corrected chi connectivity index (χ4v) is 7.92. The van der Waals surface area contributed by atoms with Gasteiger partial charge in [0.2, 0.25) is 15.8 Å². The Morgan fingerprint density at radius 3 is 2.58 bits per heavy atom. The number of aromatic nitrogens is 6. The minimum Gasteiger partial charge on any atom is -0.395 e. The van der Waals surface area contributed by atoms with E-state index in [9.17, 15) is 21.9 Å². The third-order valence-corrected chi connectivity index (χ3v) is 9.16. The van der Waals surface area contributed by atoms with Gasteiger partial charge in [-0.05, 0) is 41.8 Å². The van der Waals surface area contributed by atoms with Gasteiger partial charge in [-0.15, -0.1) is 10.2 Å². The minimum atomic E-state index is -4.61. The summed E-state index contributed by atoms with van der Waals surface area (Å²) in [6.07, 6.45) is 0.429. The minimum absolute atomic E-state index is 0.126. The van der Waals surface area contributed by atoms with E-state index in [1.807, 2.05) is 0 Å². The molecule has 2 aromatic carbocycles. The Bertz CT molecular complexity index is 1650. The molecular weight excluding hydrogens is 510 g/mol. The summed E-state index contributed by atoms with van der Waals surface area (Å²) < 4.78 is 52.9. The fraction of sp³-hybridized carbons (Fsp3) is 0.300. The first-order valence-corrected chi connectivity index (χ1v) is 14.0. The standard InChI is InChI=1S/C20H23N9O5S2/c21-20-24-14-3-1-2-13(17(14)25-20)12-4-5-15(35(31,32)9-10-6-11(8-30)23-7-10)18(36(22,33)34)16(12)19-26-28-29-27-19/h1-5,10-11,23,30H,6-9H2,(H3,21,24,25)(H2,22,33,34)(H,26,27,28,29)/t10-,11+/m0/s1. The normalized spacial score (nSPS) is 18.7. The maximum absolute atomic E-state index is 13.5. The van der Waals surface area contributed by atoms with E-state index in [0.717, 1.165) is 0 Å². The number of aliphatic hydroxyl groups is 1. The summed E-state index contributed by atoms with van der Waals surface area (Å²) >= 11 is 0. The molecule has 5 rings (SSSR count). The number of benzene rings is 2. The van der Waals surface area contributed by atoms with Gasteiger partial charge in [-0.2, -0.15) is 5.21 Å². The number of nitrogens with one attached hydrogen (secondary N) is 3. The Balaban J connectivity index is 1.76. The van der Waals surface area contributed by atoms with Crippen molar-refractivity contribution in [2.75, 3.05) is 24.6 Å². The number of tetrazole rings is 1. The molecule has 0 radical (unpaired) electrons. The number of sulfone groups is 1. The quantitative estimate of drug-likeness (QED) is 0.175. The van der Waals surface area contributed by atoms with Crippen molar-refractivity contribution in [1.82, 2.24) is 35.9 Å². The van der Waals surface area contributed by atoms with Gasteiger partial charge in [-0.25, -0.2) is 27.0 Å². The highest BCUT2D eigenvalue weighted by atomic mass is 32.2. The summed E-state index contributed by atoms with van der Waals surface area (Å²) in [5.41, 5.74) is 7.46. The van der Waals surface area contributed by atoms with Gasteiger partial charge in [0.25, 0.3) is 0 Å². The molecule has 190 valence electrons. The van der Waals surface area contributed by atoms with E-state index in [1.54, 1.807) is 18.2 Å². The number of imidazole rings is 1. The number of H-pyrrole nitrogens is 2. The SMILES string of the molecule is Nc1nc2c(-c3ccc(S(=O)(=O)C[C@@H]4CN[C@@H](CO)C4)c(S(N)(=O)=O)c3-c3nn[nH]n3)cccc2[nH]1. The van der Waals surface area contributed by atoms with E-state index in [2.05, 4.69) is 35.9 Å². The van der Waals surface area contributed by atoms with Crippen molar-refractivity contribution >= 4 is 36.8 Å². The van der Waals surface area contributed by atoms with Crippen LogP contribution in [0.1, 0.15) is 6.42 Å². The van der Waals surface area contributed by atoms with Gasteiger partial charge < -0.3 is 21.1 Å². The molecule has 0 saturated carbocycles. The Morgan fingerprint density at radius 2 is 1.92 bits per heavy atom. The van der Waals surface area contributed by atoms with Crippen LogP contribution in [0.25, 0.3) is 33.5 Å². The summed E-state index contributed by atoms with van der Waals surface area (Å²) in [5.74, 6) is -0.671. The molecule has 8 N–H and O–H groups in total. The highest BCUT2D eigenvalue weighted by Crippen LogP contribution is 2.41. The Hall–Kier alpha value is -3.44. The molecule has 0 spiro atoms. The van der Waals surface area contributed by atoms with Gasteiger partial charge in [0.15, 0.2) is 15.8 Å². The number of anilines is 1. The molecule has 14 nitrogen and oxygen atoms in total. The van der Waals surface area contributed by atoms with E-state index in [1.165, 1.54) is 12.1 Å². The average Bonchev–Trinajstić information content (AvgIpc) is 3.57. The second-order valence-corrected chi connectivity index (χ2v) is 12.1. The zero-order valence-corrected chi connectivity index (χ0v) is 20.3. The molecule has 4 aromatic rings. The van der Waals surface area contributed by atoms with E-state index >= 15 is 0 Å². The van der Waals surface area contributed by atoms with Crippen LogP contribution in [0.2, 0.25) is 0 Å². The lowest BCUT2D eigenvalue weighted by molar-refractivity contribution is 0.253. The average molecular weight is 534 g/mol. The van der Waals surface area contributed by atoms with Crippen LogP contribution in [0, 0.1) is 5.92 Å². The number of hydrogen-bond acceptors (Lipinski definition) is 11. The predicted molar refractivity (Wildman–Crippen MR) is 130 cm³/mol. The number of nitrogens with zero attached hydrogens (tertiary/aromatic N) is 4. The van der Waals surface area contributed by atoms with Crippen LogP contribution in [0.5, 0.6) is 0 Å². The number of rotatable bonds is 7. The topological polar surface area (TPSA) is 236 Å². The highest BCUT2D eigenvalue weighted by Gasteiger charge is 2.35. The first kappa shape index (κ1) is 24.3. The van der Waals surface area contributed by atoms with Gasteiger partial charge in [0.1, 0.15) is 4.90 Å². The summed E-state index contributed by atoms with van der Waals surface area (Å²) in [4.78, 5) is 6.10. The summed E-state index contributed by atoms with van der Waals surface area (Å²) in [5, 5.41) is 31.7. The number of nitrogens with two attached hydrogens (primary N) is 2. The second kappa shape index (κ2) is 8.90. The number of nitrogen functional groups attached to an aromatic ring is 1. The van der Waals surface area contributed by atoms with Gasteiger partial charge in [0.05, 0.1) is 33.9 Å². The molecule has 0 bridgehead atoms. The second-order valence-electron chi connectivity index (χ2n) is 8.59. The lowest BCUT2D eigenvalue weighted by Crippen LogP contribution is -2.25. The third-order valence-electron chi connectivity index (χ3n) is 6.12. The van der Waals surface area contributed by atoms with Gasteiger partial charge >= 0.3 is 0 Å². The van der Waals surface area contributed by atoms with Gasteiger partial charge in [0, 0.05) is 11.6 Å². The number of aromatic amines is 2. The number of fused-ring (bicyclic) bond motifs is 1. The zero-order valence-electron chi connectivity index (χ0n) is 18.7. The van der Waals surface area contributed by atoms with Crippen LogP contribution in [0.15, 0.2) is 40.1 Å². The molecule has 3 heterocycles. The molecule has 1 aliphatic rings. The highest BCUT2D eigenvalue weighted by molar-refractivity contribution is 7.93. The van der Waals surface area contributed by atoms with E-state index in [-0.39, 0.29) is 47.2 Å². The fourth-order valence-electron chi connectivity index (χ4n) is 4.64. The van der Waals surface area contributed by atoms with Crippen molar-refractivity contribution in [1.29, 1.82) is 0 Å². The molecule has 1 saturated heterocycles. The Kier molecular flexibility index (Phi) is 6.00. The van der Waals surface area contributed by atoms with E-state index in [4.69, 9.17) is 10.9 Å². The Morgan fingerprint density at radius 1 is 1.11 bits per heavy atom. The molecule has 0 aliphatic carbocycles. The van der Waals surface area contributed by atoms with Gasteiger partial charge in [-0.3, -0.25) is 0 Å². The van der Waals surface area contributed by atoms with Crippen molar-refractivity contribution in [2.24, 2.45) is 11.1 Å². The zero-order chi connectivity index (χ0) is 25.7. The van der Waals surface area contributed by atoms with Crippen LogP contribution in [-0.4, -0.2) is 77.5 Å². The Labute approximate surface area is 205 Å². The monoisotopic (exact) mass is 533 g/mol. The largest absolute Gasteiger partial charge is 0.395 e. The maximum atomic E-state index is 13.5. The van der Waals surface area contributed by atoms with Crippen LogP contribution in [0.3, 0.4) is 0 Å². The molecule has 2 atom stereocenters. The first-order chi connectivity index (χ1) is 17.1. The van der Waals surface area contributed by atoms with Crippen molar-refractivity contribution < 1.29 is 21.9 Å². The molecule has 16 heteroatoms. The van der Waals surface area contributed by atoms with Crippen molar-refractivity contribution in [3.63, 3.8) is 0 Å². The lowest BCUT2D eigenvalue weighted by Gasteiger charge is -2.17. The molecule has 1 fully saturated rings.